The van der Waals surface area contributed by atoms with Crippen molar-refractivity contribution in [3.05, 3.63) is 18.0 Å². The molecule has 1 aromatic rings. The second-order valence-electron chi connectivity index (χ2n) is 5.18. The molecule has 4 heteroatoms. The normalized spacial score (nSPS) is 20.8. The average molecular weight is 252 g/mol. The maximum Gasteiger partial charge on any atom is 0.124 e. The Bertz CT molecular complexity index is 358. The SMILES string of the molecule is CCOC(C1CCCCC1)C(O)c1ccn(C)n1. The van der Waals surface area contributed by atoms with E-state index in [2.05, 4.69) is 5.10 Å². The molecule has 18 heavy (non-hydrogen) atoms. The van der Waals surface area contributed by atoms with Gasteiger partial charge < -0.3 is 9.84 Å². The summed E-state index contributed by atoms with van der Waals surface area (Å²) < 4.78 is 7.53. The molecule has 1 fully saturated rings. The molecular weight excluding hydrogens is 228 g/mol. The van der Waals surface area contributed by atoms with Crippen LogP contribution in [0.2, 0.25) is 0 Å². The van der Waals surface area contributed by atoms with Crippen LogP contribution in [0.1, 0.15) is 50.8 Å². The van der Waals surface area contributed by atoms with Gasteiger partial charge in [-0.25, -0.2) is 0 Å². The second kappa shape index (κ2) is 6.34. The predicted octanol–water partition coefficient (Wildman–Crippen LogP) is 2.44. The highest BCUT2D eigenvalue weighted by atomic mass is 16.5. The monoisotopic (exact) mass is 252 g/mol. The van der Waals surface area contributed by atoms with Gasteiger partial charge in [0, 0.05) is 19.9 Å². The van der Waals surface area contributed by atoms with E-state index < -0.39 is 6.10 Å². The van der Waals surface area contributed by atoms with E-state index in [4.69, 9.17) is 4.74 Å². The van der Waals surface area contributed by atoms with Gasteiger partial charge >= 0.3 is 0 Å². The Labute approximate surface area is 109 Å². The predicted molar refractivity (Wildman–Crippen MR) is 70.2 cm³/mol. The molecule has 0 aliphatic heterocycles. The number of aryl methyl sites for hydroxylation is 1. The molecule has 1 N–H and O–H groups in total. The number of ether oxygens (including phenoxy) is 1. The Morgan fingerprint density at radius 2 is 2.17 bits per heavy atom. The van der Waals surface area contributed by atoms with Crippen molar-refractivity contribution in [2.75, 3.05) is 6.61 Å². The molecule has 1 aliphatic carbocycles. The van der Waals surface area contributed by atoms with Crippen molar-refractivity contribution in [1.82, 2.24) is 9.78 Å². The smallest absolute Gasteiger partial charge is 0.124 e. The number of rotatable bonds is 5. The van der Waals surface area contributed by atoms with E-state index >= 15 is 0 Å². The highest BCUT2D eigenvalue weighted by Crippen LogP contribution is 2.33. The summed E-state index contributed by atoms with van der Waals surface area (Å²) in [6.45, 7) is 2.63. The van der Waals surface area contributed by atoms with Gasteiger partial charge in [-0.05, 0) is 31.7 Å². The Hall–Kier alpha value is -0.870. The Balaban J connectivity index is 2.08. The van der Waals surface area contributed by atoms with E-state index in [9.17, 15) is 5.11 Å². The average Bonchev–Trinajstić information content (AvgIpc) is 2.83. The molecule has 1 heterocycles. The summed E-state index contributed by atoms with van der Waals surface area (Å²) in [6.07, 6.45) is 7.30. The number of hydrogen-bond acceptors (Lipinski definition) is 3. The van der Waals surface area contributed by atoms with E-state index in [0.717, 1.165) is 18.5 Å². The van der Waals surface area contributed by atoms with Crippen LogP contribution in [0.25, 0.3) is 0 Å². The van der Waals surface area contributed by atoms with Crippen LogP contribution in [-0.4, -0.2) is 27.6 Å². The summed E-state index contributed by atoms with van der Waals surface area (Å²) in [6, 6.07) is 1.87. The number of aromatic nitrogens is 2. The lowest BCUT2D eigenvalue weighted by Crippen LogP contribution is -2.32. The molecule has 1 saturated carbocycles. The third-order valence-electron chi connectivity index (χ3n) is 3.82. The summed E-state index contributed by atoms with van der Waals surface area (Å²) in [5.41, 5.74) is 0.724. The Morgan fingerprint density at radius 1 is 1.44 bits per heavy atom. The minimum absolute atomic E-state index is 0.106. The van der Waals surface area contributed by atoms with E-state index in [-0.39, 0.29) is 6.10 Å². The second-order valence-corrected chi connectivity index (χ2v) is 5.18. The van der Waals surface area contributed by atoms with Crippen LogP contribution >= 0.6 is 0 Å². The molecule has 4 nitrogen and oxygen atoms in total. The first kappa shape index (κ1) is 13.6. The van der Waals surface area contributed by atoms with Crippen molar-refractivity contribution < 1.29 is 9.84 Å². The zero-order chi connectivity index (χ0) is 13.0. The molecule has 102 valence electrons. The standard InChI is InChI=1S/C14H24N2O2/c1-3-18-14(11-7-5-4-6-8-11)13(17)12-9-10-16(2)15-12/h9-11,13-14,17H,3-8H2,1-2H3. The van der Waals surface area contributed by atoms with Crippen LogP contribution in [-0.2, 0) is 11.8 Å². The topological polar surface area (TPSA) is 47.3 Å². The molecular formula is C14H24N2O2. The van der Waals surface area contributed by atoms with Crippen LogP contribution in [0.15, 0.2) is 12.3 Å². The Morgan fingerprint density at radius 3 is 2.72 bits per heavy atom. The van der Waals surface area contributed by atoms with Gasteiger partial charge in [-0.1, -0.05) is 19.3 Å². The number of aliphatic hydroxyl groups excluding tert-OH is 1. The number of hydrogen-bond donors (Lipinski definition) is 1. The molecule has 2 atom stereocenters. The van der Waals surface area contributed by atoms with E-state index in [0.29, 0.717) is 12.5 Å². The fraction of sp³-hybridized carbons (Fsp3) is 0.786. The summed E-state index contributed by atoms with van der Waals surface area (Å²) in [7, 11) is 1.87. The number of nitrogens with zero attached hydrogens (tertiary/aromatic N) is 2. The maximum absolute atomic E-state index is 10.5. The Kier molecular flexibility index (Phi) is 4.78. The molecule has 1 aliphatic rings. The lowest BCUT2D eigenvalue weighted by Gasteiger charge is -2.32. The summed E-state index contributed by atoms with van der Waals surface area (Å²) in [5, 5.41) is 14.8. The van der Waals surface area contributed by atoms with Crippen LogP contribution in [0, 0.1) is 5.92 Å². The van der Waals surface area contributed by atoms with Gasteiger partial charge in [-0.3, -0.25) is 4.68 Å². The molecule has 0 radical (unpaired) electrons. The zero-order valence-electron chi connectivity index (χ0n) is 11.4. The first-order valence-electron chi connectivity index (χ1n) is 7.01. The van der Waals surface area contributed by atoms with Crippen molar-refractivity contribution >= 4 is 0 Å². The van der Waals surface area contributed by atoms with Gasteiger partial charge in [0.1, 0.15) is 6.10 Å². The summed E-state index contributed by atoms with van der Waals surface area (Å²) >= 11 is 0. The van der Waals surface area contributed by atoms with Gasteiger partial charge in [0.25, 0.3) is 0 Å². The van der Waals surface area contributed by atoms with Crippen molar-refractivity contribution in [1.29, 1.82) is 0 Å². The van der Waals surface area contributed by atoms with Crippen LogP contribution < -0.4 is 0 Å². The van der Waals surface area contributed by atoms with Gasteiger partial charge in [0.15, 0.2) is 0 Å². The maximum atomic E-state index is 10.5. The highest BCUT2D eigenvalue weighted by Gasteiger charge is 2.32. The molecule has 0 amide bonds. The lowest BCUT2D eigenvalue weighted by molar-refractivity contribution is -0.0755. The molecule has 2 unspecified atom stereocenters. The van der Waals surface area contributed by atoms with Crippen molar-refractivity contribution in [3.8, 4) is 0 Å². The fourth-order valence-corrected chi connectivity index (χ4v) is 2.90. The number of aliphatic hydroxyl groups is 1. The van der Waals surface area contributed by atoms with Crippen molar-refractivity contribution in [3.63, 3.8) is 0 Å². The van der Waals surface area contributed by atoms with Crippen molar-refractivity contribution in [2.24, 2.45) is 13.0 Å². The van der Waals surface area contributed by atoms with Gasteiger partial charge in [0.2, 0.25) is 0 Å². The van der Waals surface area contributed by atoms with Gasteiger partial charge in [-0.15, -0.1) is 0 Å². The lowest BCUT2D eigenvalue weighted by atomic mass is 9.82. The molecule has 0 spiro atoms. The zero-order valence-corrected chi connectivity index (χ0v) is 11.4. The summed E-state index contributed by atoms with van der Waals surface area (Å²) in [4.78, 5) is 0. The minimum atomic E-state index is -0.603. The van der Waals surface area contributed by atoms with Crippen LogP contribution in [0.3, 0.4) is 0 Å². The van der Waals surface area contributed by atoms with E-state index in [1.807, 2.05) is 26.2 Å². The molecule has 0 bridgehead atoms. The molecule has 2 rings (SSSR count). The van der Waals surface area contributed by atoms with Crippen LogP contribution in [0.4, 0.5) is 0 Å². The molecule has 1 aromatic heterocycles. The fourth-order valence-electron chi connectivity index (χ4n) is 2.90. The minimum Gasteiger partial charge on any atom is -0.384 e. The summed E-state index contributed by atoms with van der Waals surface area (Å²) in [5.74, 6) is 0.468. The van der Waals surface area contributed by atoms with Crippen molar-refractivity contribution in [2.45, 2.75) is 51.2 Å². The highest BCUT2D eigenvalue weighted by molar-refractivity contribution is 5.05. The third-order valence-corrected chi connectivity index (χ3v) is 3.82. The quantitative estimate of drug-likeness (QED) is 0.875. The van der Waals surface area contributed by atoms with Crippen LogP contribution in [0.5, 0.6) is 0 Å². The van der Waals surface area contributed by atoms with E-state index in [1.165, 1.54) is 19.3 Å². The van der Waals surface area contributed by atoms with Gasteiger partial charge in [-0.2, -0.15) is 5.10 Å². The first-order chi connectivity index (χ1) is 8.72. The third kappa shape index (κ3) is 3.12. The molecule has 0 aromatic carbocycles. The molecule has 0 saturated heterocycles. The van der Waals surface area contributed by atoms with Gasteiger partial charge in [0.05, 0.1) is 11.8 Å². The first-order valence-corrected chi connectivity index (χ1v) is 7.01. The van der Waals surface area contributed by atoms with E-state index in [1.54, 1.807) is 4.68 Å². The largest absolute Gasteiger partial charge is 0.384 e.